The summed E-state index contributed by atoms with van der Waals surface area (Å²) in [7, 11) is -4.14. The Balaban J connectivity index is 2.01. The molecule has 0 unspecified atom stereocenters. The zero-order valence-corrected chi connectivity index (χ0v) is 23.5. The van der Waals surface area contributed by atoms with E-state index in [1.165, 1.54) is 17.0 Å². The molecule has 0 saturated carbocycles. The molecule has 3 aromatic rings. The molecule has 0 aromatic heterocycles. The number of anilines is 1. The van der Waals surface area contributed by atoms with E-state index in [1.54, 1.807) is 42.5 Å². The largest absolute Gasteiger partial charge is 0.352 e. The SMILES string of the molecule is CC[C@@H](C(=O)NC(C)C)N(CCc1ccccc1)C(=O)CN(c1ccccc1Cl)S(=O)(=O)c1ccccc1. The summed E-state index contributed by atoms with van der Waals surface area (Å²) < 4.78 is 28.5. The minimum atomic E-state index is -4.14. The van der Waals surface area contributed by atoms with Gasteiger partial charge in [-0.2, -0.15) is 0 Å². The third-order valence-electron chi connectivity index (χ3n) is 6.03. The summed E-state index contributed by atoms with van der Waals surface area (Å²) in [5, 5.41) is 3.09. The molecular weight excluding hydrogens is 522 g/mol. The van der Waals surface area contributed by atoms with Gasteiger partial charge in [0.2, 0.25) is 11.8 Å². The van der Waals surface area contributed by atoms with Crippen molar-refractivity contribution in [3.63, 3.8) is 0 Å². The number of rotatable bonds is 12. The third-order valence-corrected chi connectivity index (χ3v) is 8.13. The second-order valence-corrected chi connectivity index (χ2v) is 11.5. The van der Waals surface area contributed by atoms with Gasteiger partial charge in [0.05, 0.1) is 15.6 Å². The Morgan fingerprint density at radius 1 is 0.895 bits per heavy atom. The maximum absolute atomic E-state index is 13.9. The van der Waals surface area contributed by atoms with Crippen LogP contribution in [0.1, 0.15) is 32.8 Å². The molecule has 0 aliphatic carbocycles. The van der Waals surface area contributed by atoms with Crippen LogP contribution in [-0.4, -0.2) is 50.3 Å². The molecule has 0 saturated heterocycles. The van der Waals surface area contributed by atoms with E-state index in [0.29, 0.717) is 12.8 Å². The van der Waals surface area contributed by atoms with E-state index in [4.69, 9.17) is 11.6 Å². The van der Waals surface area contributed by atoms with Gasteiger partial charge in [0.15, 0.2) is 0 Å². The van der Waals surface area contributed by atoms with Gasteiger partial charge in [-0.3, -0.25) is 13.9 Å². The first-order valence-electron chi connectivity index (χ1n) is 12.6. The van der Waals surface area contributed by atoms with Gasteiger partial charge in [-0.1, -0.05) is 79.2 Å². The maximum atomic E-state index is 13.9. The lowest BCUT2D eigenvalue weighted by Gasteiger charge is -2.33. The van der Waals surface area contributed by atoms with Crippen molar-refractivity contribution in [2.45, 2.75) is 50.6 Å². The van der Waals surface area contributed by atoms with Crippen LogP contribution in [0.3, 0.4) is 0 Å². The van der Waals surface area contributed by atoms with Crippen molar-refractivity contribution in [3.05, 3.63) is 95.5 Å². The molecule has 1 N–H and O–H groups in total. The Bertz CT molecular complexity index is 1320. The average molecular weight is 556 g/mol. The first kappa shape index (κ1) is 29.2. The molecule has 0 spiro atoms. The van der Waals surface area contributed by atoms with E-state index < -0.39 is 28.5 Å². The van der Waals surface area contributed by atoms with Crippen LogP contribution in [0.25, 0.3) is 0 Å². The molecule has 0 aliphatic heterocycles. The van der Waals surface area contributed by atoms with Gasteiger partial charge < -0.3 is 10.2 Å². The number of sulfonamides is 1. The predicted octanol–water partition coefficient (Wildman–Crippen LogP) is 4.91. The second-order valence-electron chi connectivity index (χ2n) is 9.19. The summed E-state index contributed by atoms with van der Waals surface area (Å²) in [4.78, 5) is 28.6. The number of carbonyl (C=O) groups excluding carboxylic acids is 2. The lowest BCUT2D eigenvalue weighted by atomic mass is 10.1. The molecular formula is C29H34ClN3O4S. The fourth-order valence-corrected chi connectivity index (χ4v) is 5.91. The first-order valence-corrected chi connectivity index (χ1v) is 14.4. The van der Waals surface area contributed by atoms with Crippen molar-refractivity contribution in [2.24, 2.45) is 0 Å². The zero-order valence-electron chi connectivity index (χ0n) is 21.9. The minimum absolute atomic E-state index is 0.0353. The van der Waals surface area contributed by atoms with Crippen LogP contribution < -0.4 is 9.62 Å². The highest BCUT2D eigenvalue weighted by atomic mass is 35.5. The molecule has 0 aliphatic rings. The highest BCUT2D eigenvalue weighted by Crippen LogP contribution is 2.30. The third kappa shape index (κ3) is 7.36. The number of nitrogens with one attached hydrogen (secondary N) is 1. The normalized spacial score (nSPS) is 12.1. The van der Waals surface area contributed by atoms with Crippen LogP contribution >= 0.6 is 11.6 Å². The molecule has 7 nitrogen and oxygen atoms in total. The molecule has 1 atom stereocenters. The van der Waals surface area contributed by atoms with Gasteiger partial charge in [-0.05, 0) is 56.5 Å². The van der Waals surface area contributed by atoms with Crippen LogP contribution in [0.4, 0.5) is 5.69 Å². The fourth-order valence-electron chi connectivity index (χ4n) is 4.16. The van der Waals surface area contributed by atoms with Crippen LogP contribution in [0, 0.1) is 0 Å². The molecule has 0 heterocycles. The Hall–Kier alpha value is -3.36. The van der Waals surface area contributed by atoms with Crippen molar-refractivity contribution >= 4 is 39.1 Å². The first-order chi connectivity index (χ1) is 18.1. The van der Waals surface area contributed by atoms with Crippen LogP contribution in [0.2, 0.25) is 5.02 Å². The van der Waals surface area contributed by atoms with E-state index >= 15 is 0 Å². The van der Waals surface area contributed by atoms with Crippen LogP contribution in [0.15, 0.2) is 89.8 Å². The molecule has 0 fully saturated rings. The number of halogens is 1. The van der Waals surface area contributed by atoms with Gasteiger partial charge in [-0.25, -0.2) is 8.42 Å². The standard InChI is InChI=1S/C29H34ClN3O4S/c1-4-26(29(35)31-22(2)3)32(20-19-23-13-7-5-8-14-23)28(34)21-33(27-18-12-11-17-25(27)30)38(36,37)24-15-9-6-10-16-24/h5-18,22,26H,4,19-21H2,1-3H3,(H,31,35)/t26-/m0/s1. The van der Waals surface area contributed by atoms with E-state index in [2.05, 4.69) is 5.32 Å². The Labute approximate surface area is 230 Å². The van der Waals surface area contributed by atoms with Crippen molar-refractivity contribution in [2.75, 3.05) is 17.4 Å². The topological polar surface area (TPSA) is 86.8 Å². The quantitative estimate of drug-likeness (QED) is 0.344. The monoisotopic (exact) mass is 555 g/mol. The summed E-state index contributed by atoms with van der Waals surface area (Å²) in [5.41, 5.74) is 1.19. The number of nitrogens with zero attached hydrogens (tertiary/aromatic N) is 2. The van der Waals surface area contributed by atoms with Gasteiger partial charge in [0.1, 0.15) is 12.6 Å². The lowest BCUT2D eigenvalue weighted by Crippen LogP contribution is -2.54. The van der Waals surface area contributed by atoms with Crippen molar-refractivity contribution < 1.29 is 18.0 Å². The molecule has 3 aromatic carbocycles. The van der Waals surface area contributed by atoms with E-state index in [9.17, 15) is 18.0 Å². The summed E-state index contributed by atoms with van der Waals surface area (Å²) >= 11 is 6.42. The maximum Gasteiger partial charge on any atom is 0.264 e. The smallest absolute Gasteiger partial charge is 0.264 e. The molecule has 3 rings (SSSR count). The van der Waals surface area contributed by atoms with Gasteiger partial charge in [-0.15, -0.1) is 0 Å². The lowest BCUT2D eigenvalue weighted by molar-refractivity contribution is -0.139. The summed E-state index contributed by atoms with van der Waals surface area (Å²) in [5.74, 6) is -0.773. The average Bonchev–Trinajstić information content (AvgIpc) is 2.90. The van der Waals surface area contributed by atoms with Crippen LogP contribution in [0.5, 0.6) is 0 Å². The number of hydrogen-bond acceptors (Lipinski definition) is 4. The number of hydrogen-bond donors (Lipinski definition) is 1. The molecule has 0 radical (unpaired) electrons. The van der Waals surface area contributed by atoms with E-state index in [-0.39, 0.29) is 34.1 Å². The van der Waals surface area contributed by atoms with Crippen LogP contribution in [-0.2, 0) is 26.0 Å². The zero-order chi connectivity index (χ0) is 27.7. The van der Waals surface area contributed by atoms with E-state index in [1.807, 2.05) is 51.1 Å². The van der Waals surface area contributed by atoms with Crippen molar-refractivity contribution in [3.8, 4) is 0 Å². The predicted molar refractivity (Wildman–Crippen MR) is 152 cm³/mol. The number of para-hydroxylation sites is 1. The summed E-state index contributed by atoms with van der Waals surface area (Å²) in [6, 6.07) is 23.2. The van der Waals surface area contributed by atoms with E-state index in [0.717, 1.165) is 9.87 Å². The summed E-state index contributed by atoms with van der Waals surface area (Å²) in [6.07, 6.45) is 0.881. The molecule has 202 valence electrons. The molecule has 38 heavy (non-hydrogen) atoms. The van der Waals surface area contributed by atoms with Gasteiger partial charge in [0.25, 0.3) is 10.0 Å². The van der Waals surface area contributed by atoms with Crippen molar-refractivity contribution in [1.29, 1.82) is 0 Å². The molecule has 0 bridgehead atoms. The Kier molecular flexibility index (Phi) is 10.3. The second kappa shape index (κ2) is 13.4. The number of amides is 2. The highest BCUT2D eigenvalue weighted by Gasteiger charge is 2.34. The minimum Gasteiger partial charge on any atom is -0.352 e. The highest BCUT2D eigenvalue weighted by molar-refractivity contribution is 7.92. The molecule has 9 heteroatoms. The Morgan fingerprint density at radius 2 is 1.47 bits per heavy atom. The van der Waals surface area contributed by atoms with Crippen molar-refractivity contribution in [1.82, 2.24) is 10.2 Å². The summed E-state index contributed by atoms with van der Waals surface area (Å²) in [6.45, 7) is 5.27. The Morgan fingerprint density at radius 3 is 2.05 bits per heavy atom. The fraction of sp³-hybridized carbons (Fsp3) is 0.310. The molecule has 2 amide bonds. The van der Waals surface area contributed by atoms with Gasteiger partial charge >= 0.3 is 0 Å². The number of benzene rings is 3. The number of carbonyl (C=O) groups is 2. The van der Waals surface area contributed by atoms with Gasteiger partial charge in [0, 0.05) is 12.6 Å².